The van der Waals surface area contributed by atoms with Gasteiger partial charge in [-0.3, -0.25) is 0 Å². The van der Waals surface area contributed by atoms with Gasteiger partial charge in [0, 0.05) is 36.1 Å². The summed E-state index contributed by atoms with van der Waals surface area (Å²) in [5.41, 5.74) is 1.92. The summed E-state index contributed by atoms with van der Waals surface area (Å²) in [6, 6.07) is 5.42. The van der Waals surface area contributed by atoms with Crippen LogP contribution < -0.4 is 10.1 Å². The lowest BCUT2D eigenvalue weighted by molar-refractivity contribution is 0.435. The van der Waals surface area contributed by atoms with Crippen molar-refractivity contribution in [3.05, 3.63) is 45.9 Å². The molecule has 3 rings (SSSR count). The van der Waals surface area contributed by atoms with Crippen LogP contribution in [0.2, 0.25) is 0 Å². The van der Waals surface area contributed by atoms with Gasteiger partial charge in [-0.05, 0) is 47.8 Å². The molecule has 0 atom stereocenters. The van der Waals surface area contributed by atoms with Gasteiger partial charge in [0.15, 0.2) is 0 Å². The van der Waals surface area contributed by atoms with Crippen LogP contribution in [0.1, 0.15) is 24.1 Å². The van der Waals surface area contributed by atoms with Crippen molar-refractivity contribution < 1.29 is 9.13 Å². The summed E-state index contributed by atoms with van der Waals surface area (Å²) >= 11 is 3.10. The molecule has 4 nitrogen and oxygen atoms in total. The number of aromatic nitrogens is 2. The van der Waals surface area contributed by atoms with Crippen LogP contribution >= 0.6 is 15.9 Å². The van der Waals surface area contributed by atoms with Crippen molar-refractivity contribution in [2.75, 3.05) is 0 Å². The molecule has 1 aromatic heterocycles. The van der Waals surface area contributed by atoms with Crippen molar-refractivity contribution in [3.8, 4) is 11.8 Å². The number of hydrogen-bond donors (Lipinski definition) is 1. The SMILES string of the molecule is Cc1nc(Oc2ccc(Br)c(F)c2)ncc1CNC1CC1. The Morgan fingerprint density at radius 2 is 2.24 bits per heavy atom. The monoisotopic (exact) mass is 351 g/mol. The van der Waals surface area contributed by atoms with Gasteiger partial charge in [0.05, 0.1) is 4.47 Å². The molecule has 6 heteroatoms. The highest BCUT2D eigenvalue weighted by Crippen LogP contribution is 2.24. The summed E-state index contributed by atoms with van der Waals surface area (Å²) < 4.78 is 19.3. The molecule has 1 saturated carbocycles. The second kappa shape index (κ2) is 6.07. The fraction of sp³-hybridized carbons (Fsp3) is 0.333. The number of hydrogen-bond acceptors (Lipinski definition) is 4. The molecule has 110 valence electrons. The number of nitrogens with one attached hydrogen (secondary N) is 1. The Bertz CT molecular complexity index is 661. The lowest BCUT2D eigenvalue weighted by Crippen LogP contribution is -2.16. The van der Waals surface area contributed by atoms with Gasteiger partial charge in [-0.1, -0.05) is 0 Å². The molecule has 0 bridgehead atoms. The van der Waals surface area contributed by atoms with E-state index in [2.05, 4.69) is 31.2 Å². The summed E-state index contributed by atoms with van der Waals surface area (Å²) in [6.07, 6.45) is 4.24. The second-order valence-corrected chi connectivity index (χ2v) is 5.95. The van der Waals surface area contributed by atoms with E-state index in [4.69, 9.17) is 4.74 Å². The van der Waals surface area contributed by atoms with Crippen LogP contribution in [0.25, 0.3) is 0 Å². The maximum absolute atomic E-state index is 13.4. The molecule has 0 unspecified atom stereocenters. The zero-order valence-corrected chi connectivity index (χ0v) is 13.2. The van der Waals surface area contributed by atoms with E-state index in [1.54, 1.807) is 18.3 Å². The van der Waals surface area contributed by atoms with Crippen LogP contribution in [-0.4, -0.2) is 16.0 Å². The highest BCUT2D eigenvalue weighted by Gasteiger charge is 2.20. The second-order valence-electron chi connectivity index (χ2n) is 5.10. The molecule has 1 fully saturated rings. The normalized spacial score (nSPS) is 14.2. The first kappa shape index (κ1) is 14.4. The first-order chi connectivity index (χ1) is 10.1. The minimum atomic E-state index is -0.380. The van der Waals surface area contributed by atoms with Gasteiger partial charge in [-0.25, -0.2) is 9.37 Å². The average molecular weight is 352 g/mol. The van der Waals surface area contributed by atoms with Gasteiger partial charge in [0.25, 0.3) is 0 Å². The molecule has 0 saturated heterocycles. The van der Waals surface area contributed by atoms with Crippen LogP contribution in [0.4, 0.5) is 4.39 Å². The lowest BCUT2D eigenvalue weighted by Gasteiger charge is -2.09. The Morgan fingerprint density at radius 3 is 2.90 bits per heavy atom. The molecule has 1 aromatic carbocycles. The highest BCUT2D eigenvalue weighted by atomic mass is 79.9. The quantitative estimate of drug-likeness (QED) is 0.891. The molecular formula is C15H15BrFN3O. The van der Waals surface area contributed by atoms with Crippen molar-refractivity contribution in [1.82, 2.24) is 15.3 Å². The molecule has 1 aliphatic carbocycles. The predicted molar refractivity (Wildman–Crippen MR) is 80.8 cm³/mol. The lowest BCUT2D eigenvalue weighted by atomic mass is 10.2. The van der Waals surface area contributed by atoms with Gasteiger partial charge in [0.1, 0.15) is 11.6 Å². The van der Waals surface area contributed by atoms with Gasteiger partial charge < -0.3 is 10.1 Å². The van der Waals surface area contributed by atoms with Crippen molar-refractivity contribution >= 4 is 15.9 Å². The van der Waals surface area contributed by atoms with E-state index in [1.807, 2.05) is 6.92 Å². The van der Waals surface area contributed by atoms with E-state index < -0.39 is 0 Å². The van der Waals surface area contributed by atoms with E-state index in [1.165, 1.54) is 18.9 Å². The first-order valence-electron chi connectivity index (χ1n) is 6.80. The third kappa shape index (κ3) is 3.77. The Hall–Kier alpha value is -1.53. The molecule has 0 spiro atoms. The largest absolute Gasteiger partial charge is 0.424 e. The molecule has 21 heavy (non-hydrogen) atoms. The van der Waals surface area contributed by atoms with Crippen molar-refractivity contribution in [1.29, 1.82) is 0 Å². The summed E-state index contributed by atoms with van der Waals surface area (Å²) in [5, 5.41) is 3.42. The number of halogens is 2. The molecule has 1 N–H and O–H groups in total. The van der Waals surface area contributed by atoms with Crippen LogP contribution in [0, 0.1) is 12.7 Å². The van der Waals surface area contributed by atoms with Crippen LogP contribution in [0.5, 0.6) is 11.8 Å². The summed E-state index contributed by atoms with van der Waals surface area (Å²) in [7, 11) is 0. The number of aryl methyl sites for hydroxylation is 1. The third-order valence-electron chi connectivity index (χ3n) is 3.32. The fourth-order valence-corrected chi connectivity index (χ4v) is 2.13. The Morgan fingerprint density at radius 1 is 1.43 bits per heavy atom. The molecule has 1 heterocycles. The molecule has 1 aliphatic rings. The van der Waals surface area contributed by atoms with Gasteiger partial charge in [-0.2, -0.15) is 4.98 Å². The van der Waals surface area contributed by atoms with E-state index in [9.17, 15) is 4.39 Å². The number of benzene rings is 1. The predicted octanol–water partition coefficient (Wildman–Crippen LogP) is 3.73. The smallest absolute Gasteiger partial charge is 0.322 e. The van der Waals surface area contributed by atoms with E-state index in [-0.39, 0.29) is 11.8 Å². The van der Waals surface area contributed by atoms with Crippen molar-refractivity contribution in [2.24, 2.45) is 0 Å². The van der Waals surface area contributed by atoms with Gasteiger partial charge in [-0.15, -0.1) is 0 Å². The van der Waals surface area contributed by atoms with E-state index in [0.717, 1.165) is 17.8 Å². The van der Waals surface area contributed by atoms with Gasteiger partial charge in [0.2, 0.25) is 0 Å². The Labute approximate surface area is 130 Å². The average Bonchev–Trinajstić information content (AvgIpc) is 3.26. The highest BCUT2D eigenvalue weighted by molar-refractivity contribution is 9.10. The van der Waals surface area contributed by atoms with Crippen LogP contribution in [-0.2, 0) is 6.54 Å². The summed E-state index contributed by atoms with van der Waals surface area (Å²) in [4.78, 5) is 8.49. The van der Waals surface area contributed by atoms with Gasteiger partial charge >= 0.3 is 6.01 Å². The van der Waals surface area contributed by atoms with Crippen molar-refractivity contribution in [3.63, 3.8) is 0 Å². The first-order valence-corrected chi connectivity index (χ1v) is 7.60. The Kier molecular flexibility index (Phi) is 4.17. The Balaban J connectivity index is 1.70. The number of nitrogens with zero attached hydrogens (tertiary/aromatic N) is 2. The zero-order chi connectivity index (χ0) is 14.8. The number of ether oxygens (including phenoxy) is 1. The van der Waals surface area contributed by atoms with Crippen LogP contribution in [0.3, 0.4) is 0 Å². The molecule has 0 radical (unpaired) electrons. The minimum Gasteiger partial charge on any atom is -0.424 e. The summed E-state index contributed by atoms with van der Waals surface area (Å²) in [6.45, 7) is 2.68. The van der Waals surface area contributed by atoms with Crippen molar-refractivity contribution in [2.45, 2.75) is 32.4 Å². The van der Waals surface area contributed by atoms with E-state index in [0.29, 0.717) is 16.3 Å². The summed E-state index contributed by atoms with van der Waals surface area (Å²) in [5.74, 6) is -0.00608. The molecular weight excluding hydrogens is 337 g/mol. The fourth-order valence-electron chi connectivity index (χ4n) is 1.88. The third-order valence-corrected chi connectivity index (χ3v) is 3.96. The standard InChI is InChI=1S/C15H15BrFN3O/c1-9-10(7-18-11-2-3-11)8-19-15(20-9)21-12-4-5-13(16)14(17)6-12/h4-6,8,11,18H,2-3,7H2,1H3. The zero-order valence-electron chi connectivity index (χ0n) is 11.6. The maximum atomic E-state index is 13.4. The molecule has 2 aromatic rings. The minimum absolute atomic E-state index is 0.226. The maximum Gasteiger partial charge on any atom is 0.322 e. The molecule has 0 aliphatic heterocycles. The number of rotatable bonds is 5. The van der Waals surface area contributed by atoms with Crippen LogP contribution in [0.15, 0.2) is 28.9 Å². The van der Waals surface area contributed by atoms with E-state index >= 15 is 0 Å². The molecule has 0 amide bonds. The topological polar surface area (TPSA) is 47.0 Å².